The summed E-state index contributed by atoms with van der Waals surface area (Å²) in [4.78, 5) is 11.4. The van der Waals surface area contributed by atoms with Gasteiger partial charge in [0.2, 0.25) is 0 Å². The highest BCUT2D eigenvalue weighted by Crippen LogP contribution is 2.35. The van der Waals surface area contributed by atoms with E-state index in [1.54, 1.807) is 17.5 Å². The summed E-state index contributed by atoms with van der Waals surface area (Å²) in [6.45, 7) is 5.83. The van der Waals surface area contributed by atoms with Crippen LogP contribution in [0.25, 0.3) is 0 Å². The molecule has 1 saturated heterocycles. The second-order valence-corrected chi connectivity index (χ2v) is 7.75. The van der Waals surface area contributed by atoms with Crippen molar-refractivity contribution < 1.29 is 4.74 Å². The molecule has 0 bridgehead atoms. The molecular formula is C18H24N4OS. The molecule has 3 heterocycles. The van der Waals surface area contributed by atoms with Gasteiger partial charge in [-0.3, -0.25) is 9.88 Å². The zero-order chi connectivity index (χ0) is 16.4. The summed E-state index contributed by atoms with van der Waals surface area (Å²) >= 11 is 1.74. The van der Waals surface area contributed by atoms with E-state index in [1.807, 2.05) is 12.3 Å². The van der Waals surface area contributed by atoms with Crippen LogP contribution >= 0.6 is 11.3 Å². The van der Waals surface area contributed by atoms with E-state index in [1.165, 1.54) is 18.5 Å². The van der Waals surface area contributed by atoms with Crippen LogP contribution in [0.1, 0.15) is 23.5 Å². The molecular weight excluding hydrogens is 320 g/mol. The van der Waals surface area contributed by atoms with E-state index in [2.05, 4.69) is 38.6 Å². The van der Waals surface area contributed by atoms with Gasteiger partial charge in [0.15, 0.2) is 0 Å². The molecule has 6 heteroatoms. The molecule has 4 rings (SSSR count). The van der Waals surface area contributed by atoms with E-state index in [4.69, 9.17) is 4.74 Å². The van der Waals surface area contributed by atoms with Crippen LogP contribution in [0.5, 0.6) is 0 Å². The van der Waals surface area contributed by atoms with Crippen LogP contribution in [-0.2, 0) is 11.3 Å². The van der Waals surface area contributed by atoms with Crippen LogP contribution < -0.4 is 5.32 Å². The van der Waals surface area contributed by atoms with Crippen LogP contribution in [0.3, 0.4) is 0 Å². The molecule has 0 aromatic carbocycles. The molecule has 2 aromatic heterocycles. The second kappa shape index (κ2) is 7.17. The maximum absolute atomic E-state index is 6.16. The number of nitrogens with zero attached hydrogens (tertiary/aromatic N) is 3. The minimum absolute atomic E-state index is 0.336. The normalized spacial score (nSPS) is 27.1. The number of ether oxygens (including phenoxy) is 1. The van der Waals surface area contributed by atoms with E-state index in [9.17, 15) is 0 Å². The number of aromatic nitrogens is 2. The minimum atomic E-state index is 0.336. The van der Waals surface area contributed by atoms with Gasteiger partial charge >= 0.3 is 0 Å². The van der Waals surface area contributed by atoms with Crippen LogP contribution in [0.4, 0.5) is 5.69 Å². The summed E-state index contributed by atoms with van der Waals surface area (Å²) in [5.74, 6) is 0.565. The number of thiazole rings is 1. The van der Waals surface area contributed by atoms with Gasteiger partial charge in [-0.15, -0.1) is 11.3 Å². The van der Waals surface area contributed by atoms with Gasteiger partial charge in [0.05, 0.1) is 29.1 Å². The minimum Gasteiger partial charge on any atom is -0.383 e. The summed E-state index contributed by atoms with van der Waals surface area (Å²) in [5, 5.41) is 6.86. The van der Waals surface area contributed by atoms with Gasteiger partial charge in [0, 0.05) is 49.4 Å². The lowest BCUT2D eigenvalue weighted by Crippen LogP contribution is -2.50. The third kappa shape index (κ3) is 3.45. The molecule has 5 nitrogen and oxygen atoms in total. The van der Waals surface area contributed by atoms with Gasteiger partial charge in [-0.2, -0.15) is 0 Å². The van der Waals surface area contributed by atoms with E-state index in [0.717, 1.165) is 36.9 Å². The van der Waals surface area contributed by atoms with E-state index in [-0.39, 0.29) is 0 Å². The van der Waals surface area contributed by atoms with E-state index < -0.39 is 0 Å². The van der Waals surface area contributed by atoms with Crippen molar-refractivity contribution in [3.63, 3.8) is 0 Å². The summed E-state index contributed by atoms with van der Waals surface area (Å²) < 4.78 is 6.16. The summed E-state index contributed by atoms with van der Waals surface area (Å²) in [5.41, 5.74) is 2.29. The third-order valence-corrected chi connectivity index (χ3v) is 5.92. The Kier molecular flexibility index (Phi) is 4.78. The van der Waals surface area contributed by atoms with Crippen molar-refractivity contribution >= 4 is 17.0 Å². The number of aryl methyl sites for hydroxylation is 1. The predicted octanol–water partition coefficient (Wildman–Crippen LogP) is 2.94. The number of hydrogen-bond acceptors (Lipinski definition) is 6. The topological polar surface area (TPSA) is 50.3 Å². The zero-order valence-corrected chi connectivity index (χ0v) is 14.8. The first kappa shape index (κ1) is 16.0. The zero-order valence-electron chi connectivity index (χ0n) is 14.0. The van der Waals surface area contributed by atoms with Gasteiger partial charge in [-0.25, -0.2) is 4.98 Å². The van der Waals surface area contributed by atoms with Crippen molar-refractivity contribution in [2.75, 3.05) is 25.0 Å². The Labute approximate surface area is 147 Å². The molecule has 2 aromatic rings. The Morgan fingerprint density at radius 2 is 2.38 bits per heavy atom. The van der Waals surface area contributed by atoms with Gasteiger partial charge in [-0.1, -0.05) is 0 Å². The fourth-order valence-electron chi connectivity index (χ4n) is 3.96. The number of morpholine rings is 1. The van der Waals surface area contributed by atoms with Crippen molar-refractivity contribution in [2.24, 2.45) is 5.92 Å². The fourth-order valence-corrected chi connectivity index (χ4v) is 4.56. The molecule has 0 unspecified atom stereocenters. The Hall–Kier alpha value is -1.50. The maximum atomic E-state index is 6.16. The lowest BCUT2D eigenvalue weighted by Gasteiger charge is -2.39. The van der Waals surface area contributed by atoms with Crippen LogP contribution in [0, 0.1) is 12.8 Å². The Morgan fingerprint density at radius 1 is 1.42 bits per heavy atom. The van der Waals surface area contributed by atoms with Crippen molar-refractivity contribution in [3.8, 4) is 0 Å². The number of nitrogens with one attached hydrogen (secondary N) is 1. The quantitative estimate of drug-likeness (QED) is 0.904. The van der Waals surface area contributed by atoms with Gasteiger partial charge in [-0.05, 0) is 31.9 Å². The average molecular weight is 344 g/mol. The number of rotatable bonds is 5. The lowest BCUT2D eigenvalue weighted by atomic mass is 10.0. The largest absolute Gasteiger partial charge is 0.383 e. The van der Waals surface area contributed by atoms with Crippen molar-refractivity contribution in [2.45, 2.75) is 38.5 Å². The Morgan fingerprint density at radius 3 is 3.17 bits per heavy atom. The van der Waals surface area contributed by atoms with Gasteiger partial charge in [0.1, 0.15) is 0 Å². The third-order valence-electron chi connectivity index (χ3n) is 5.10. The molecule has 3 atom stereocenters. The van der Waals surface area contributed by atoms with Crippen LogP contribution in [0.15, 0.2) is 29.9 Å². The second-order valence-electron chi connectivity index (χ2n) is 6.69. The molecule has 1 aliphatic carbocycles. The number of hydrogen-bond donors (Lipinski definition) is 1. The Balaban J connectivity index is 1.37. The molecule has 24 heavy (non-hydrogen) atoms. The monoisotopic (exact) mass is 344 g/mol. The molecule has 1 aliphatic heterocycles. The number of anilines is 1. The summed E-state index contributed by atoms with van der Waals surface area (Å²) in [6, 6.07) is 4.56. The SMILES string of the molecule is Cc1nc(CN2CCO[C@@H]3[C@H](CNc4cccnc4)CC[C@H]32)cs1. The molecule has 0 radical (unpaired) electrons. The maximum Gasteiger partial charge on any atom is 0.0897 e. The average Bonchev–Trinajstić information content (AvgIpc) is 3.21. The highest BCUT2D eigenvalue weighted by atomic mass is 32.1. The fraction of sp³-hybridized carbons (Fsp3) is 0.556. The molecule has 0 spiro atoms. The first-order valence-electron chi connectivity index (χ1n) is 8.70. The van der Waals surface area contributed by atoms with E-state index >= 15 is 0 Å². The van der Waals surface area contributed by atoms with Crippen molar-refractivity contribution in [1.82, 2.24) is 14.9 Å². The molecule has 2 fully saturated rings. The first-order chi connectivity index (χ1) is 11.8. The van der Waals surface area contributed by atoms with Crippen molar-refractivity contribution in [1.29, 1.82) is 0 Å². The highest BCUT2D eigenvalue weighted by molar-refractivity contribution is 7.09. The molecule has 128 valence electrons. The predicted molar refractivity (Wildman–Crippen MR) is 96.2 cm³/mol. The smallest absolute Gasteiger partial charge is 0.0897 e. The summed E-state index contributed by atoms with van der Waals surface area (Å²) in [7, 11) is 0. The van der Waals surface area contributed by atoms with Crippen LogP contribution in [-0.4, -0.2) is 46.7 Å². The van der Waals surface area contributed by atoms with Gasteiger partial charge in [0.25, 0.3) is 0 Å². The highest BCUT2D eigenvalue weighted by Gasteiger charge is 2.42. The van der Waals surface area contributed by atoms with Crippen molar-refractivity contribution in [3.05, 3.63) is 40.6 Å². The summed E-state index contributed by atoms with van der Waals surface area (Å²) in [6.07, 6.45) is 6.45. The lowest BCUT2D eigenvalue weighted by molar-refractivity contribution is -0.0747. The van der Waals surface area contributed by atoms with Crippen LogP contribution in [0.2, 0.25) is 0 Å². The number of pyridine rings is 1. The Bertz CT molecular complexity index is 662. The standard InChI is InChI=1S/C18H24N4OS/c1-13-21-16(12-24-13)11-22-7-8-23-18-14(4-5-17(18)22)9-20-15-3-2-6-19-10-15/h2-3,6,10,12,14,17-18,20H,4-5,7-9,11H2,1H3/t14-,17+,18+/m0/s1. The molecule has 1 saturated carbocycles. The number of fused-ring (bicyclic) bond motifs is 1. The molecule has 1 N–H and O–H groups in total. The molecule has 0 amide bonds. The molecule has 2 aliphatic rings. The first-order valence-corrected chi connectivity index (χ1v) is 9.58. The van der Waals surface area contributed by atoms with E-state index in [0.29, 0.717) is 18.1 Å². The van der Waals surface area contributed by atoms with Gasteiger partial charge < -0.3 is 10.1 Å².